The van der Waals surface area contributed by atoms with Gasteiger partial charge >= 0.3 is 0 Å². The Morgan fingerprint density at radius 3 is 2.87 bits per heavy atom. The van der Waals surface area contributed by atoms with Crippen LogP contribution in [-0.2, 0) is 9.59 Å². The largest absolute Gasteiger partial charge is 0.316 e. The van der Waals surface area contributed by atoms with Crippen molar-refractivity contribution in [1.82, 2.24) is 10.2 Å². The first-order valence-electron chi connectivity index (χ1n) is 5.39. The fourth-order valence-corrected chi connectivity index (χ4v) is 2.79. The first kappa shape index (κ1) is 11.0. The molecule has 0 aromatic heterocycles. The summed E-state index contributed by atoms with van der Waals surface area (Å²) in [4.78, 5) is 24.3. The Hall–Kier alpha value is -0.550. The number of imide groups is 1. The highest BCUT2D eigenvalue weighted by Crippen LogP contribution is 2.15. The quantitative estimate of drug-likeness (QED) is 0.741. The van der Waals surface area contributed by atoms with Crippen molar-refractivity contribution in [3.05, 3.63) is 0 Å². The maximum Gasteiger partial charge on any atom is 0.239 e. The van der Waals surface area contributed by atoms with Gasteiger partial charge in [-0.25, -0.2) is 0 Å². The van der Waals surface area contributed by atoms with E-state index in [0.717, 1.165) is 31.2 Å². The maximum atomic E-state index is 11.6. The number of likely N-dealkylation sites (tertiary alicyclic amines) is 1. The summed E-state index contributed by atoms with van der Waals surface area (Å²) < 4.78 is 0. The number of rotatable bonds is 4. The molecule has 2 heterocycles. The van der Waals surface area contributed by atoms with Gasteiger partial charge in [-0.05, 0) is 31.2 Å². The lowest BCUT2D eigenvalue weighted by molar-refractivity contribution is -0.140. The lowest BCUT2D eigenvalue weighted by atomic mass is 10.1. The summed E-state index contributed by atoms with van der Waals surface area (Å²) in [5, 5.41) is 3.20. The molecule has 0 aromatic carbocycles. The molecule has 1 N–H and O–H groups in total. The van der Waals surface area contributed by atoms with Crippen molar-refractivity contribution in [2.45, 2.75) is 12.8 Å². The second kappa shape index (κ2) is 4.99. The molecule has 0 saturated carbocycles. The number of carbonyl (C=O) groups is 2. The van der Waals surface area contributed by atoms with Crippen LogP contribution in [0.25, 0.3) is 0 Å². The van der Waals surface area contributed by atoms with Crippen LogP contribution in [0.4, 0.5) is 0 Å². The van der Waals surface area contributed by atoms with E-state index in [1.54, 1.807) is 11.8 Å². The molecule has 2 fully saturated rings. The van der Waals surface area contributed by atoms with Gasteiger partial charge < -0.3 is 5.32 Å². The van der Waals surface area contributed by atoms with Gasteiger partial charge in [-0.3, -0.25) is 14.5 Å². The van der Waals surface area contributed by atoms with Crippen molar-refractivity contribution >= 4 is 23.6 Å². The van der Waals surface area contributed by atoms with Gasteiger partial charge in [0, 0.05) is 13.0 Å². The Balaban J connectivity index is 1.65. The van der Waals surface area contributed by atoms with Crippen LogP contribution in [-0.4, -0.2) is 47.9 Å². The molecule has 5 heteroatoms. The van der Waals surface area contributed by atoms with E-state index in [1.807, 2.05) is 0 Å². The number of thioether (sulfide) groups is 1. The van der Waals surface area contributed by atoms with Crippen LogP contribution in [0.1, 0.15) is 12.8 Å². The summed E-state index contributed by atoms with van der Waals surface area (Å²) in [7, 11) is 0. The van der Waals surface area contributed by atoms with Crippen molar-refractivity contribution in [3.63, 3.8) is 0 Å². The molecular formula is C10H16N2O2S. The second-order valence-electron chi connectivity index (χ2n) is 4.08. The average Bonchev–Trinajstić information content (AvgIpc) is 2.55. The van der Waals surface area contributed by atoms with E-state index >= 15 is 0 Å². The molecule has 0 bridgehead atoms. The molecular weight excluding hydrogens is 212 g/mol. The van der Waals surface area contributed by atoms with Crippen molar-refractivity contribution in [3.8, 4) is 0 Å². The SMILES string of the molecule is O=C1CCCN1C(=O)CSCC1CNC1. The number of nitrogens with zero attached hydrogens (tertiary/aromatic N) is 1. The zero-order chi connectivity index (χ0) is 10.7. The fourth-order valence-electron chi connectivity index (χ4n) is 1.77. The molecule has 2 aliphatic heterocycles. The van der Waals surface area contributed by atoms with Gasteiger partial charge in [0.05, 0.1) is 5.75 Å². The molecule has 0 aliphatic carbocycles. The molecule has 2 saturated heterocycles. The number of nitrogens with one attached hydrogen (secondary N) is 1. The van der Waals surface area contributed by atoms with Crippen LogP contribution in [0.3, 0.4) is 0 Å². The minimum atomic E-state index is -0.00483. The Morgan fingerprint density at radius 1 is 1.53 bits per heavy atom. The van der Waals surface area contributed by atoms with Gasteiger partial charge in [-0.15, -0.1) is 0 Å². The predicted molar refractivity (Wildman–Crippen MR) is 59.6 cm³/mol. The Labute approximate surface area is 93.8 Å². The number of hydrogen-bond donors (Lipinski definition) is 1. The van der Waals surface area contributed by atoms with Crippen molar-refractivity contribution in [1.29, 1.82) is 0 Å². The van der Waals surface area contributed by atoms with Gasteiger partial charge in [-0.2, -0.15) is 11.8 Å². The zero-order valence-corrected chi connectivity index (χ0v) is 9.52. The van der Waals surface area contributed by atoms with Crippen LogP contribution < -0.4 is 5.32 Å². The molecule has 0 unspecified atom stereocenters. The van der Waals surface area contributed by atoms with E-state index in [2.05, 4.69) is 5.32 Å². The van der Waals surface area contributed by atoms with E-state index < -0.39 is 0 Å². The molecule has 84 valence electrons. The molecule has 15 heavy (non-hydrogen) atoms. The summed E-state index contributed by atoms with van der Waals surface area (Å²) in [6.45, 7) is 2.77. The summed E-state index contributed by atoms with van der Waals surface area (Å²) in [6, 6.07) is 0. The number of carbonyl (C=O) groups excluding carboxylic acids is 2. The predicted octanol–water partition coefficient (Wildman–Crippen LogP) is 0.0880. The first-order valence-corrected chi connectivity index (χ1v) is 6.54. The summed E-state index contributed by atoms with van der Waals surface area (Å²) in [5.74, 6) is 2.21. The minimum absolute atomic E-state index is 0.00483. The normalized spacial score (nSPS) is 21.9. The van der Waals surface area contributed by atoms with E-state index in [4.69, 9.17) is 0 Å². The molecule has 0 atom stereocenters. The van der Waals surface area contributed by atoms with E-state index in [-0.39, 0.29) is 11.8 Å². The lowest BCUT2D eigenvalue weighted by Crippen LogP contribution is -2.43. The zero-order valence-electron chi connectivity index (χ0n) is 8.70. The number of hydrogen-bond acceptors (Lipinski definition) is 4. The van der Waals surface area contributed by atoms with Gasteiger partial charge in [-0.1, -0.05) is 0 Å². The van der Waals surface area contributed by atoms with Crippen LogP contribution in [0, 0.1) is 5.92 Å². The van der Waals surface area contributed by atoms with E-state index in [1.165, 1.54) is 4.90 Å². The highest BCUT2D eigenvalue weighted by molar-refractivity contribution is 7.99. The van der Waals surface area contributed by atoms with E-state index in [9.17, 15) is 9.59 Å². The summed E-state index contributed by atoms with van der Waals surface area (Å²) >= 11 is 1.65. The Bertz CT molecular complexity index is 266. The Kier molecular flexibility index (Phi) is 3.64. The monoisotopic (exact) mass is 228 g/mol. The summed E-state index contributed by atoms with van der Waals surface area (Å²) in [5.41, 5.74) is 0. The third-order valence-corrected chi connectivity index (χ3v) is 3.98. The van der Waals surface area contributed by atoms with Crippen LogP contribution in [0.15, 0.2) is 0 Å². The lowest BCUT2D eigenvalue weighted by Gasteiger charge is -2.26. The standard InChI is InChI=1S/C10H16N2O2S/c13-9-2-1-3-12(9)10(14)7-15-6-8-4-11-5-8/h8,11H,1-7H2. The molecule has 0 aromatic rings. The second-order valence-corrected chi connectivity index (χ2v) is 5.11. The molecule has 2 aliphatic rings. The molecule has 2 rings (SSSR count). The van der Waals surface area contributed by atoms with Crippen molar-refractivity contribution < 1.29 is 9.59 Å². The molecule has 4 nitrogen and oxygen atoms in total. The van der Waals surface area contributed by atoms with Gasteiger partial charge in [0.1, 0.15) is 0 Å². The van der Waals surface area contributed by atoms with Crippen LogP contribution >= 0.6 is 11.8 Å². The first-order chi connectivity index (χ1) is 7.27. The highest BCUT2D eigenvalue weighted by atomic mass is 32.2. The van der Waals surface area contributed by atoms with Crippen LogP contribution in [0.2, 0.25) is 0 Å². The van der Waals surface area contributed by atoms with Gasteiger partial charge in [0.2, 0.25) is 11.8 Å². The average molecular weight is 228 g/mol. The van der Waals surface area contributed by atoms with Crippen LogP contribution in [0.5, 0.6) is 0 Å². The van der Waals surface area contributed by atoms with Crippen molar-refractivity contribution in [2.24, 2.45) is 5.92 Å². The van der Waals surface area contributed by atoms with E-state index in [0.29, 0.717) is 18.7 Å². The fraction of sp³-hybridized carbons (Fsp3) is 0.800. The molecule has 0 radical (unpaired) electrons. The topological polar surface area (TPSA) is 49.4 Å². The Morgan fingerprint density at radius 2 is 2.33 bits per heavy atom. The third-order valence-electron chi connectivity index (χ3n) is 2.82. The minimum Gasteiger partial charge on any atom is -0.316 e. The molecule has 2 amide bonds. The maximum absolute atomic E-state index is 11.6. The van der Waals surface area contributed by atoms with Gasteiger partial charge in [0.25, 0.3) is 0 Å². The third kappa shape index (κ3) is 2.72. The smallest absolute Gasteiger partial charge is 0.239 e. The van der Waals surface area contributed by atoms with Crippen molar-refractivity contribution in [2.75, 3.05) is 31.1 Å². The number of amides is 2. The summed E-state index contributed by atoms with van der Waals surface area (Å²) in [6.07, 6.45) is 1.38. The highest BCUT2D eigenvalue weighted by Gasteiger charge is 2.26. The molecule has 0 spiro atoms. The van der Waals surface area contributed by atoms with Gasteiger partial charge in [0.15, 0.2) is 0 Å².